The molecule has 10 aliphatic rings. The molecule has 86 heavy (non-hydrogen) atoms. The Hall–Kier alpha value is -3.12. The van der Waals surface area contributed by atoms with E-state index in [1.807, 2.05) is 55.4 Å². The summed E-state index contributed by atoms with van der Waals surface area (Å²) in [5.74, 6) is 6.60. The number of benzene rings is 8. The van der Waals surface area contributed by atoms with Crippen LogP contribution in [-0.2, 0) is 89.1 Å². The van der Waals surface area contributed by atoms with Gasteiger partial charge in [0, 0.05) is 80.9 Å². The van der Waals surface area contributed by atoms with E-state index in [1.54, 1.807) is 13.6 Å². The Morgan fingerprint density at radius 1 is 0.384 bits per heavy atom. The van der Waals surface area contributed by atoms with Gasteiger partial charge in [0.05, 0.1) is 30.0 Å². The topological polar surface area (TPSA) is 0 Å². The molecule has 0 atom stereocenters. The van der Waals surface area contributed by atoms with Crippen LogP contribution in [0, 0.1) is 71.6 Å². The SMILES string of the molecule is CC.CC.CC.CC.[B]C.[B]C.[B][B]C.[B][B]C.[Y].[Y].[c-]1c(C2(c3[c-]ccc4ccccc34)C3CC4CC(C3)CC2C4)ccc2c1-c1ccccc1C2.[c-]1c(C2(c3[c-]ccc4ccccc34)C3CC4CC(C3)CC2C4)ccc2c1Cc1ccccc1-2. The van der Waals surface area contributed by atoms with Gasteiger partial charge in [0.25, 0.3) is 0 Å². The molecule has 8 aromatic rings. The molecule has 0 spiro atoms. The zero-order valence-electron chi connectivity index (χ0n) is 54.6. The Bertz CT molecular complexity index is 3260. The molecule has 0 unspecified atom stereocenters. The summed E-state index contributed by atoms with van der Waals surface area (Å²) >= 11 is 0. The molecular formula is C78H92B6Y2-4. The fourth-order valence-corrected chi connectivity index (χ4v) is 17.4. The third-order valence-corrected chi connectivity index (χ3v) is 19.4. The zero-order chi connectivity index (χ0) is 60.6. The van der Waals surface area contributed by atoms with Gasteiger partial charge in [-0.25, -0.2) is 0 Å². The van der Waals surface area contributed by atoms with Gasteiger partial charge >= 0.3 is 0 Å². The first kappa shape index (κ1) is 73.6. The summed E-state index contributed by atoms with van der Waals surface area (Å²) in [6.45, 7) is 22.6. The maximum Gasteiger partial charge on any atom is 0.0606 e. The van der Waals surface area contributed by atoms with E-state index in [9.17, 15) is 0 Å². The van der Waals surface area contributed by atoms with Gasteiger partial charge in [-0.15, -0.1) is 104 Å². The predicted octanol–water partition coefficient (Wildman–Crippen LogP) is 19.7. The average molecular weight is 1270 g/mol. The van der Waals surface area contributed by atoms with Crippen molar-refractivity contribution in [2.75, 3.05) is 0 Å². The van der Waals surface area contributed by atoms with Crippen molar-refractivity contribution in [3.8, 4) is 22.3 Å². The molecular weight excluding hydrogens is 1180 g/mol. The molecule has 8 aromatic carbocycles. The van der Waals surface area contributed by atoms with E-state index in [0.717, 1.165) is 36.5 Å². The minimum absolute atomic E-state index is 0. The standard InChI is InChI=1S/2C33H28.4C2H6.2CH3B2.2CH3B.2Y/c1-4-10-31-23(6-1)8-5-11-32(31)33(27-15-21-14-22(17-27)18-28(33)16-21)26-12-13-30-25(20-26)19-24-7-2-3-9-29(24)30;1-4-10-30-23(6-1)8-5-11-32(30)33(27-15-21-14-22(17-27)18-28(33)16-21)26-13-12-25-19-24-7-2-3-9-29(24)31(25)20-26;4*1-2;2*1-3-2;2*1-2;;/h2*1-10,12-13,21-22,27-28H,14-19H2;4*1-2H3;2*1H3;2*1H3;;/q2*-2;;;;;;;;;;. The van der Waals surface area contributed by atoms with E-state index in [4.69, 9.17) is 15.5 Å². The number of hydrogen-bond acceptors (Lipinski definition) is 0. The smallest absolute Gasteiger partial charge is 0.0606 e. The minimum Gasteiger partial charge on any atom is -0.179 e. The second-order valence-corrected chi connectivity index (χ2v) is 23.1. The van der Waals surface area contributed by atoms with Crippen molar-refractivity contribution >= 4 is 67.1 Å². The van der Waals surface area contributed by atoms with E-state index in [1.165, 1.54) is 181 Å². The monoisotopic (exact) mass is 1270 g/mol. The summed E-state index contributed by atoms with van der Waals surface area (Å²) < 4.78 is 0. The second kappa shape index (κ2) is 35.5. The van der Waals surface area contributed by atoms with E-state index in [0.29, 0.717) is 23.7 Å². The van der Waals surface area contributed by atoms with Crippen molar-refractivity contribution in [1.29, 1.82) is 0 Å². The summed E-state index contributed by atoms with van der Waals surface area (Å²) in [4.78, 5) is 0. The Balaban J connectivity index is 0.000000244. The second-order valence-electron chi connectivity index (χ2n) is 23.1. The van der Waals surface area contributed by atoms with Gasteiger partial charge in [0.2, 0.25) is 0 Å². The van der Waals surface area contributed by atoms with Crippen molar-refractivity contribution in [3.63, 3.8) is 0 Å². The molecule has 0 nitrogen and oxygen atoms in total. The Labute approximate surface area is 581 Å². The van der Waals surface area contributed by atoms with E-state index in [2.05, 4.69) is 186 Å². The van der Waals surface area contributed by atoms with Crippen molar-refractivity contribution < 1.29 is 65.4 Å². The molecule has 432 valence electrons. The van der Waals surface area contributed by atoms with E-state index >= 15 is 0 Å². The molecule has 0 saturated heterocycles. The van der Waals surface area contributed by atoms with Crippen LogP contribution in [0.15, 0.2) is 146 Å². The van der Waals surface area contributed by atoms with E-state index in [-0.39, 0.29) is 76.2 Å². The van der Waals surface area contributed by atoms with Gasteiger partial charge in [-0.1, -0.05) is 176 Å². The molecule has 0 aliphatic heterocycles. The van der Waals surface area contributed by atoms with Gasteiger partial charge in [-0.05, 0) is 135 Å². The molecule has 18 rings (SSSR count). The third kappa shape index (κ3) is 14.2. The first-order valence-corrected chi connectivity index (χ1v) is 32.7. The fourth-order valence-electron chi connectivity index (χ4n) is 17.4. The molecule has 0 amide bonds. The summed E-state index contributed by atoms with van der Waals surface area (Å²) in [6, 6.07) is 70.4. The Morgan fingerprint density at radius 3 is 1.19 bits per heavy atom. The van der Waals surface area contributed by atoms with Crippen LogP contribution in [0.4, 0.5) is 0 Å². The summed E-state index contributed by atoms with van der Waals surface area (Å²) in [5.41, 5.74) is 17.2. The molecule has 12 radical (unpaired) electrons. The zero-order valence-corrected chi connectivity index (χ0v) is 60.3. The normalized spacial score (nSPS) is 24.5. The van der Waals surface area contributed by atoms with Gasteiger partial charge in [-0.2, -0.15) is 60.2 Å². The fraction of sp³-hybridized carbons (Fsp3) is 0.436. The largest absolute Gasteiger partial charge is 0.179 e. The van der Waals surface area contributed by atoms with Gasteiger partial charge in [0.1, 0.15) is 0 Å². The number of fused-ring (bicyclic) bond motifs is 8. The van der Waals surface area contributed by atoms with Crippen LogP contribution in [-0.4, -0.2) is 45.5 Å². The van der Waals surface area contributed by atoms with Crippen molar-refractivity contribution in [2.24, 2.45) is 47.3 Å². The van der Waals surface area contributed by atoms with Gasteiger partial charge < -0.3 is 0 Å². The van der Waals surface area contributed by atoms with Crippen molar-refractivity contribution in [1.82, 2.24) is 0 Å². The molecule has 8 saturated carbocycles. The molecule has 8 heteroatoms. The van der Waals surface area contributed by atoms with Crippen LogP contribution < -0.4 is 0 Å². The van der Waals surface area contributed by atoms with Crippen LogP contribution in [0.25, 0.3) is 43.8 Å². The number of hydrogen-bond donors (Lipinski definition) is 0. The van der Waals surface area contributed by atoms with Gasteiger partial charge in [0.15, 0.2) is 0 Å². The minimum atomic E-state index is 0. The maximum absolute atomic E-state index is 4.72. The van der Waals surface area contributed by atoms with Crippen LogP contribution >= 0.6 is 0 Å². The van der Waals surface area contributed by atoms with Gasteiger partial charge in [-0.3, -0.25) is 0 Å². The Kier molecular flexibility index (Phi) is 30.4. The average Bonchev–Trinajstić information content (AvgIpc) is 0.734. The Morgan fingerprint density at radius 2 is 0.744 bits per heavy atom. The van der Waals surface area contributed by atoms with Crippen LogP contribution in [0.3, 0.4) is 0 Å². The maximum atomic E-state index is 4.72. The summed E-state index contributed by atoms with van der Waals surface area (Å²) in [6.07, 6.45) is 16.1. The first-order chi connectivity index (χ1) is 41.4. The molecule has 0 N–H and O–H groups in total. The summed E-state index contributed by atoms with van der Waals surface area (Å²) in [5, 5.41) is 5.52. The predicted molar refractivity (Wildman–Crippen MR) is 372 cm³/mol. The molecule has 10 aliphatic carbocycles. The van der Waals surface area contributed by atoms with Crippen molar-refractivity contribution in [3.05, 3.63) is 214 Å². The first-order valence-electron chi connectivity index (χ1n) is 32.7. The molecule has 8 fully saturated rings. The van der Waals surface area contributed by atoms with E-state index < -0.39 is 0 Å². The number of rotatable bonds is 4. The van der Waals surface area contributed by atoms with Crippen LogP contribution in [0.1, 0.15) is 164 Å². The third-order valence-electron chi connectivity index (χ3n) is 19.4. The van der Waals surface area contributed by atoms with Crippen molar-refractivity contribution in [2.45, 2.75) is 171 Å². The molecule has 8 bridgehead atoms. The molecule has 0 aromatic heterocycles. The molecule has 0 heterocycles. The summed E-state index contributed by atoms with van der Waals surface area (Å²) in [7, 11) is 21.4. The van der Waals surface area contributed by atoms with Crippen LogP contribution in [0.5, 0.6) is 0 Å². The quantitative estimate of drug-likeness (QED) is 0.122. The van der Waals surface area contributed by atoms with Crippen LogP contribution in [0.2, 0.25) is 27.3 Å².